The topological polar surface area (TPSA) is 73.0 Å². The fourth-order valence-corrected chi connectivity index (χ4v) is 6.04. The molecule has 3 fully saturated rings. The summed E-state index contributed by atoms with van der Waals surface area (Å²) in [5.41, 5.74) is 0.246. The summed E-state index contributed by atoms with van der Waals surface area (Å²) < 4.78 is 28.5. The molecule has 39 heavy (non-hydrogen) atoms. The van der Waals surface area contributed by atoms with E-state index in [4.69, 9.17) is 0 Å². The fourth-order valence-electron chi connectivity index (χ4n) is 6.04. The lowest BCUT2D eigenvalue weighted by atomic mass is 9.86. The lowest BCUT2D eigenvalue weighted by Crippen LogP contribution is -2.60. The first-order valence-corrected chi connectivity index (χ1v) is 13.9. The number of hydrogen-bond acceptors (Lipinski definition) is 4. The van der Waals surface area contributed by atoms with E-state index in [1.807, 2.05) is 32.6 Å². The van der Waals surface area contributed by atoms with Crippen LogP contribution in [0.5, 0.6) is 0 Å². The first-order chi connectivity index (χ1) is 17.8. The summed E-state index contributed by atoms with van der Waals surface area (Å²) in [6.07, 6.45) is 2.89. The molecule has 7 nitrogen and oxygen atoms in total. The van der Waals surface area contributed by atoms with Crippen LogP contribution in [0, 0.1) is 28.9 Å². The molecule has 0 aromatic heterocycles. The predicted octanol–water partition coefficient (Wildman–Crippen LogP) is 3.81. The summed E-state index contributed by atoms with van der Waals surface area (Å²) in [6.45, 7) is 12.6. The molecular formula is C29H43ClF2N4O3. The van der Waals surface area contributed by atoms with E-state index >= 15 is 0 Å². The van der Waals surface area contributed by atoms with Crippen molar-refractivity contribution in [1.29, 1.82) is 0 Å². The molecule has 1 aliphatic carbocycles. The maximum Gasteiger partial charge on any atom is 0.245 e. The number of carbonyl (C=O) groups is 3. The van der Waals surface area contributed by atoms with Gasteiger partial charge in [-0.05, 0) is 49.1 Å². The number of nitrogens with zero attached hydrogens (tertiary/aromatic N) is 3. The Bertz CT molecular complexity index is 1060. The Morgan fingerprint density at radius 2 is 1.77 bits per heavy atom. The molecule has 0 unspecified atom stereocenters. The van der Waals surface area contributed by atoms with Crippen molar-refractivity contribution in [1.82, 2.24) is 20.0 Å². The van der Waals surface area contributed by atoms with Crippen molar-refractivity contribution in [3.63, 3.8) is 0 Å². The third kappa shape index (κ3) is 7.91. The Labute approximate surface area is 237 Å². The van der Waals surface area contributed by atoms with E-state index in [-0.39, 0.29) is 47.5 Å². The Morgan fingerprint density at radius 3 is 2.33 bits per heavy atom. The molecule has 10 heteroatoms. The second-order valence-electron chi connectivity index (χ2n) is 12.7. The molecule has 4 atom stereocenters. The largest absolute Gasteiger partial charge is 0.345 e. The molecule has 2 heterocycles. The zero-order valence-corrected chi connectivity index (χ0v) is 24.5. The van der Waals surface area contributed by atoms with Gasteiger partial charge in [0, 0.05) is 64.2 Å². The average Bonchev–Trinajstić information content (AvgIpc) is 3.53. The van der Waals surface area contributed by atoms with Gasteiger partial charge in [-0.2, -0.15) is 0 Å². The lowest BCUT2D eigenvalue weighted by molar-refractivity contribution is -0.147. The highest BCUT2D eigenvalue weighted by atomic mass is 35.5. The van der Waals surface area contributed by atoms with Crippen LogP contribution in [0.15, 0.2) is 18.2 Å². The molecule has 1 saturated carbocycles. The molecule has 0 bridgehead atoms. The number of nitrogens with one attached hydrogen (secondary N) is 1. The fraction of sp³-hybridized carbons (Fsp3) is 0.690. The molecule has 4 rings (SSSR count). The second kappa shape index (κ2) is 12.5. The maximum atomic E-state index is 14.8. The van der Waals surface area contributed by atoms with Crippen molar-refractivity contribution in [3.8, 4) is 0 Å². The van der Waals surface area contributed by atoms with Crippen LogP contribution < -0.4 is 5.32 Å². The molecule has 2 saturated heterocycles. The van der Waals surface area contributed by atoms with Gasteiger partial charge in [-0.25, -0.2) is 8.78 Å². The van der Waals surface area contributed by atoms with Crippen LogP contribution in [0.3, 0.4) is 0 Å². The van der Waals surface area contributed by atoms with Gasteiger partial charge in [-0.15, -0.1) is 12.4 Å². The Hall–Kier alpha value is -2.26. The van der Waals surface area contributed by atoms with Gasteiger partial charge in [0.25, 0.3) is 0 Å². The summed E-state index contributed by atoms with van der Waals surface area (Å²) in [5, 5.41) is 2.81. The predicted molar refractivity (Wildman–Crippen MR) is 148 cm³/mol. The first-order valence-electron chi connectivity index (χ1n) is 13.9. The summed E-state index contributed by atoms with van der Waals surface area (Å²) in [6, 6.07) is 2.81. The summed E-state index contributed by atoms with van der Waals surface area (Å²) in [5.74, 6) is -1.77. The van der Waals surface area contributed by atoms with Crippen LogP contribution in [0.2, 0.25) is 0 Å². The highest BCUT2D eigenvalue weighted by Gasteiger charge is 2.44. The van der Waals surface area contributed by atoms with Crippen molar-refractivity contribution >= 4 is 30.1 Å². The van der Waals surface area contributed by atoms with Gasteiger partial charge in [0.05, 0.1) is 5.92 Å². The van der Waals surface area contributed by atoms with Gasteiger partial charge in [0.15, 0.2) is 0 Å². The molecule has 3 aliphatic rings. The van der Waals surface area contributed by atoms with E-state index in [1.165, 1.54) is 31.9 Å². The molecular weight excluding hydrogens is 526 g/mol. The number of amides is 3. The number of piperazine rings is 1. The van der Waals surface area contributed by atoms with Gasteiger partial charge in [0.1, 0.15) is 17.7 Å². The van der Waals surface area contributed by atoms with Crippen LogP contribution in [0.4, 0.5) is 8.78 Å². The summed E-state index contributed by atoms with van der Waals surface area (Å²) in [7, 11) is 0. The van der Waals surface area contributed by atoms with E-state index in [0.29, 0.717) is 50.6 Å². The number of rotatable bonds is 7. The average molecular weight is 569 g/mol. The number of carbonyl (C=O) groups excluding carboxylic acids is 3. The third-order valence-electron chi connectivity index (χ3n) is 8.00. The Kier molecular flexibility index (Phi) is 10.0. The van der Waals surface area contributed by atoms with Crippen LogP contribution in [-0.2, 0) is 14.4 Å². The van der Waals surface area contributed by atoms with Crippen molar-refractivity contribution in [2.75, 3.05) is 39.3 Å². The number of hydrogen-bond donors (Lipinski definition) is 1. The van der Waals surface area contributed by atoms with Crippen molar-refractivity contribution < 1.29 is 23.2 Å². The van der Waals surface area contributed by atoms with Crippen LogP contribution in [-0.4, -0.2) is 83.8 Å². The van der Waals surface area contributed by atoms with Crippen molar-refractivity contribution in [2.24, 2.45) is 17.3 Å². The zero-order valence-electron chi connectivity index (χ0n) is 23.7. The molecule has 1 N–H and O–H groups in total. The number of benzene rings is 1. The molecule has 0 radical (unpaired) electrons. The minimum Gasteiger partial charge on any atom is -0.345 e. The Balaban J connectivity index is 0.00000420. The molecule has 1 aromatic rings. The van der Waals surface area contributed by atoms with Gasteiger partial charge in [0.2, 0.25) is 17.7 Å². The van der Waals surface area contributed by atoms with Crippen LogP contribution in [0.25, 0.3) is 0 Å². The molecule has 218 valence electrons. The maximum absolute atomic E-state index is 14.8. The number of halogens is 3. The smallest absolute Gasteiger partial charge is 0.245 e. The van der Waals surface area contributed by atoms with Gasteiger partial charge in [-0.1, -0.05) is 26.8 Å². The minimum atomic E-state index is -0.625. The number of likely N-dealkylation sites (tertiary alicyclic amines) is 1. The molecule has 1 aromatic carbocycles. The van der Waals surface area contributed by atoms with Crippen molar-refractivity contribution in [3.05, 3.63) is 35.4 Å². The standard InChI is InChI=1S/C29H42F2N4O3.ClH/c1-18-14-34(28(38)26(32-19(2)36)13-29(3,4)5)10-11-35(18)27(37)24-17-33(15-20-6-7-20)16-23(24)22-9-8-21(30)12-25(22)31;/h8-9,12,18,20,23-24,26H,6-7,10-11,13-17H2,1-5H3,(H,32,36);1H/t18-,23-,24+,26-;/m0./s1. The second-order valence-corrected chi connectivity index (χ2v) is 12.7. The van der Waals surface area contributed by atoms with E-state index in [0.717, 1.165) is 12.6 Å². The normalized spacial score (nSPS) is 24.7. The van der Waals surface area contributed by atoms with Gasteiger partial charge in [-0.3, -0.25) is 14.4 Å². The van der Waals surface area contributed by atoms with Gasteiger partial charge < -0.3 is 20.0 Å². The van der Waals surface area contributed by atoms with Crippen molar-refractivity contribution in [2.45, 2.75) is 71.9 Å². The minimum absolute atomic E-state index is 0. The molecule has 0 spiro atoms. The molecule has 2 aliphatic heterocycles. The van der Waals surface area contributed by atoms with E-state index in [2.05, 4.69) is 10.2 Å². The quantitative estimate of drug-likeness (QED) is 0.543. The summed E-state index contributed by atoms with van der Waals surface area (Å²) >= 11 is 0. The van der Waals surface area contributed by atoms with E-state index in [1.54, 1.807) is 4.90 Å². The summed E-state index contributed by atoms with van der Waals surface area (Å²) in [4.78, 5) is 44.9. The lowest BCUT2D eigenvalue weighted by Gasteiger charge is -2.42. The molecule has 3 amide bonds. The Morgan fingerprint density at radius 1 is 1.08 bits per heavy atom. The third-order valence-corrected chi connectivity index (χ3v) is 8.00. The monoisotopic (exact) mass is 568 g/mol. The van der Waals surface area contributed by atoms with Crippen LogP contribution in [0.1, 0.15) is 65.4 Å². The highest BCUT2D eigenvalue weighted by Crippen LogP contribution is 2.39. The first kappa shape index (κ1) is 31.3. The van der Waals surface area contributed by atoms with Crippen LogP contribution >= 0.6 is 12.4 Å². The van der Waals surface area contributed by atoms with Gasteiger partial charge >= 0.3 is 0 Å². The van der Waals surface area contributed by atoms with E-state index < -0.39 is 23.6 Å². The highest BCUT2D eigenvalue weighted by molar-refractivity contribution is 5.87. The SMILES string of the molecule is CC(=O)N[C@@H](CC(C)(C)C)C(=O)N1CCN(C(=O)[C@@H]2CN(CC3CC3)C[C@H]2c2ccc(F)cc2F)[C@@H](C)C1.Cl. The zero-order chi connectivity index (χ0) is 27.8. The van der Waals surface area contributed by atoms with E-state index in [9.17, 15) is 23.2 Å².